The first-order chi connectivity index (χ1) is 14.2. The summed E-state index contributed by atoms with van der Waals surface area (Å²) in [6, 6.07) is 26.6. The van der Waals surface area contributed by atoms with Gasteiger partial charge in [-0.2, -0.15) is 5.26 Å². The van der Waals surface area contributed by atoms with E-state index in [2.05, 4.69) is 10.6 Å². The molecule has 0 aliphatic rings. The lowest BCUT2D eigenvalue weighted by molar-refractivity contribution is -0.112. The Kier molecular flexibility index (Phi) is 6.93. The van der Waals surface area contributed by atoms with E-state index in [1.165, 1.54) is 6.20 Å². The minimum Gasteiger partial charge on any atom is -0.495 e. The summed E-state index contributed by atoms with van der Waals surface area (Å²) in [5.41, 5.74) is 1.26. The van der Waals surface area contributed by atoms with Gasteiger partial charge in [0.2, 0.25) is 0 Å². The molecular weight excluding hydrogens is 382 g/mol. The van der Waals surface area contributed by atoms with E-state index in [4.69, 9.17) is 4.74 Å². The summed E-state index contributed by atoms with van der Waals surface area (Å²) in [5, 5.41) is 15.2. The molecule has 29 heavy (non-hydrogen) atoms. The van der Waals surface area contributed by atoms with Gasteiger partial charge >= 0.3 is 0 Å². The number of nitriles is 1. The zero-order valence-electron chi connectivity index (χ0n) is 15.8. The van der Waals surface area contributed by atoms with Crippen molar-refractivity contribution in [3.63, 3.8) is 0 Å². The van der Waals surface area contributed by atoms with E-state index < -0.39 is 5.91 Å². The van der Waals surface area contributed by atoms with Gasteiger partial charge in [-0.25, -0.2) is 0 Å². The average molecular weight is 401 g/mol. The summed E-state index contributed by atoms with van der Waals surface area (Å²) in [6.07, 6.45) is 1.38. The lowest BCUT2D eigenvalue weighted by atomic mass is 10.2. The Balaban J connectivity index is 1.76. The van der Waals surface area contributed by atoms with E-state index in [-0.39, 0.29) is 5.57 Å². The summed E-state index contributed by atoms with van der Waals surface area (Å²) in [5.74, 6) is 0.127. The van der Waals surface area contributed by atoms with Gasteiger partial charge in [0, 0.05) is 16.0 Å². The molecule has 0 bridgehead atoms. The fourth-order valence-electron chi connectivity index (χ4n) is 2.53. The Morgan fingerprint density at radius 1 is 0.966 bits per heavy atom. The molecule has 0 aliphatic carbocycles. The van der Waals surface area contributed by atoms with E-state index in [0.29, 0.717) is 17.1 Å². The Labute approximate surface area is 174 Å². The third-order valence-corrected chi connectivity index (χ3v) is 5.03. The van der Waals surface area contributed by atoms with Gasteiger partial charge in [0.1, 0.15) is 17.4 Å². The highest BCUT2D eigenvalue weighted by molar-refractivity contribution is 7.99. The van der Waals surface area contributed by atoms with Crippen LogP contribution < -0.4 is 15.4 Å². The van der Waals surface area contributed by atoms with Crippen LogP contribution in [0.25, 0.3) is 0 Å². The number of nitrogens with zero attached hydrogens (tertiary/aromatic N) is 1. The summed E-state index contributed by atoms with van der Waals surface area (Å²) >= 11 is 1.54. The number of carbonyl (C=O) groups is 1. The minimum atomic E-state index is -0.490. The van der Waals surface area contributed by atoms with Gasteiger partial charge < -0.3 is 15.4 Å². The number of benzene rings is 3. The van der Waals surface area contributed by atoms with Crippen LogP contribution in [0.4, 0.5) is 11.4 Å². The largest absolute Gasteiger partial charge is 0.495 e. The fourth-order valence-corrected chi connectivity index (χ4v) is 3.45. The molecule has 0 spiro atoms. The van der Waals surface area contributed by atoms with Gasteiger partial charge in [0.25, 0.3) is 5.91 Å². The lowest BCUT2D eigenvalue weighted by Gasteiger charge is -2.11. The number of ether oxygens (including phenoxy) is 1. The number of hydrogen-bond donors (Lipinski definition) is 2. The summed E-state index contributed by atoms with van der Waals surface area (Å²) in [7, 11) is 1.56. The fraction of sp³-hybridized carbons (Fsp3) is 0.0435. The minimum absolute atomic E-state index is 0.0459. The molecule has 0 saturated carbocycles. The highest BCUT2D eigenvalue weighted by Gasteiger charge is 2.13. The Morgan fingerprint density at radius 2 is 1.62 bits per heavy atom. The molecule has 0 radical (unpaired) electrons. The molecule has 0 unspecified atom stereocenters. The first-order valence-electron chi connectivity index (χ1n) is 8.84. The van der Waals surface area contributed by atoms with Gasteiger partial charge in [-0.1, -0.05) is 54.2 Å². The maximum Gasteiger partial charge on any atom is 0.267 e. The number of amides is 1. The van der Waals surface area contributed by atoms with Crippen molar-refractivity contribution in [1.82, 2.24) is 0 Å². The van der Waals surface area contributed by atoms with E-state index in [0.717, 1.165) is 9.79 Å². The van der Waals surface area contributed by atoms with Crippen LogP contribution in [0.5, 0.6) is 5.75 Å². The van der Waals surface area contributed by atoms with Crippen molar-refractivity contribution >= 4 is 29.0 Å². The molecule has 5 nitrogen and oxygen atoms in total. The second-order valence-electron chi connectivity index (χ2n) is 5.88. The normalized spacial score (nSPS) is 10.7. The third kappa shape index (κ3) is 5.41. The number of hydrogen-bond acceptors (Lipinski definition) is 5. The molecular formula is C23H19N3O2S. The molecule has 0 aliphatic heterocycles. The van der Waals surface area contributed by atoms with Crippen LogP contribution in [0.15, 0.2) is 100 Å². The van der Waals surface area contributed by atoms with Crippen molar-refractivity contribution in [3.8, 4) is 11.8 Å². The smallest absolute Gasteiger partial charge is 0.267 e. The number of nitrogens with one attached hydrogen (secondary N) is 2. The van der Waals surface area contributed by atoms with Gasteiger partial charge in [0.15, 0.2) is 0 Å². The molecule has 0 fully saturated rings. The second-order valence-corrected chi connectivity index (χ2v) is 7.00. The average Bonchev–Trinajstić information content (AvgIpc) is 2.76. The molecule has 3 aromatic rings. The number of anilines is 2. The Bertz CT molecular complexity index is 1060. The number of para-hydroxylation sites is 3. The maximum absolute atomic E-state index is 12.6. The summed E-state index contributed by atoms with van der Waals surface area (Å²) in [4.78, 5) is 14.6. The predicted molar refractivity (Wildman–Crippen MR) is 116 cm³/mol. The predicted octanol–water partition coefficient (Wildman–Crippen LogP) is 5.30. The van der Waals surface area contributed by atoms with Crippen molar-refractivity contribution in [2.75, 3.05) is 17.7 Å². The van der Waals surface area contributed by atoms with Crippen LogP contribution in [-0.2, 0) is 4.79 Å². The molecule has 0 aromatic heterocycles. The van der Waals surface area contributed by atoms with Crippen LogP contribution in [0.3, 0.4) is 0 Å². The number of carbonyl (C=O) groups excluding carboxylic acids is 1. The summed E-state index contributed by atoms with van der Waals surface area (Å²) < 4.78 is 5.26. The van der Waals surface area contributed by atoms with Crippen molar-refractivity contribution in [1.29, 1.82) is 5.26 Å². The number of methoxy groups -OCH3 is 1. The van der Waals surface area contributed by atoms with Crippen molar-refractivity contribution in [3.05, 3.63) is 90.6 Å². The molecule has 2 N–H and O–H groups in total. The van der Waals surface area contributed by atoms with E-state index in [1.54, 1.807) is 31.0 Å². The molecule has 0 atom stereocenters. The maximum atomic E-state index is 12.6. The zero-order valence-corrected chi connectivity index (χ0v) is 16.6. The topological polar surface area (TPSA) is 74.1 Å². The van der Waals surface area contributed by atoms with Crippen LogP contribution in [-0.4, -0.2) is 13.0 Å². The Hall–Kier alpha value is -3.69. The van der Waals surface area contributed by atoms with Crippen molar-refractivity contribution in [2.45, 2.75) is 9.79 Å². The molecule has 144 valence electrons. The molecule has 1 amide bonds. The van der Waals surface area contributed by atoms with Gasteiger partial charge in [-0.3, -0.25) is 4.79 Å². The van der Waals surface area contributed by atoms with Crippen LogP contribution >= 0.6 is 11.8 Å². The Morgan fingerprint density at radius 3 is 2.34 bits per heavy atom. The van der Waals surface area contributed by atoms with Crippen molar-refractivity contribution in [2.24, 2.45) is 0 Å². The van der Waals surface area contributed by atoms with Gasteiger partial charge in [-0.15, -0.1) is 0 Å². The highest BCUT2D eigenvalue weighted by Crippen LogP contribution is 2.33. The second kappa shape index (κ2) is 10.0. The highest BCUT2D eigenvalue weighted by atomic mass is 32.2. The van der Waals surface area contributed by atoms with E-state index in [1.807, 2.05) is 72.8 Å². The monoisotopic (exact) mass is 401 g/mol. The first-order valence-corrected chi connectivity index (χ1v) is 9.66. The quantitative estimate of drug-likeness (QED) is 0.415. The van der Waals surface area contributed by atoms with E-state index in [9.17, 15) is 10.1 Å². The molecule has 3 aromatic carbocycles. The number of rotatable bonds is 7. The molecule has 6 heteroatoms. The van der Waals surface area contributed by atoms with E-state index >= 15 is 0 Å². The SMILES string of the molecule is COc1ccccc1N/C=C(/C#N)C(=O)Nc1ccccc1Sc1ccccc1. The van der Waals surface area contributed by atoms with Crippen LogP contribution in [0.1, 0.15) is 0 Å². The van der Waals surface area contributed by atoms with Gasteiger partial charge in [0.05, 0.1) is 18.5 Å². The van der Waals surface area contributed by atoms with Crippen LogP contribution in [0, 0.1) is 11.3 Å². The van der Waals surface area contributed by atoms with Crippen molar-refractivity contribution < 1.29 is 9.53 Å². The molecule has 3 rings (SSSR count). The standard InChI is InChI=1S/C23H19N3O2S/c1-28-21-13-7-5-11-19(21)25-16-17(15-24)23(27)26-20-12-6-8-14-22(20)29-18-9-3-2-4-10-18/h2-14,16,25H,1H3,(H,26,27)/b17-16-. The summed E-state index contributed by atoms with van der Waals surface area (Å²) in [6.45, 7) is 0. The lowest BCUT2D eigenvalue weighted by Crippen LogP contribution is -2.15. The van der Waals surface area contributed by atoms with Crippen LogP contribution in [0.2, 0.25) is 0 Å². The zero-order chi connectivity index (χ0) is 20.5. The first kappa shape index (κ1) is 20.1. The molecule has 0 heterocycles. The van der Waals surface area contributed by atoms with Gasteiger partial charge in [-0.05, 0) is 36.4 Å². The molecule has 0 saturated heterocycles. The third-order valence-electron chi connectivity index (χ3n) is 3.95.